The summed E-state index contributed by atoms with van der Waals surface area (Å²) in [5.41, 5.74) is 1.79. The van der Waals surface area contributed by atoms with Crippen LogP contribution in [0.2, 0.25) is 0 Å². The first-order valence-electron chi connectivity index (χ1n) is 11.2. The Hall–Kier alpha value is -3.04. The number of aryl methyl sites for hydroxylation is 1. The molecule has 3 aromatic rings. The summed E-state index contributed by atoms with van der Waals surface area (Å²) < 4.78 is 33.4. The summed E-state index contributed by atoms with van der Waals surface area (Å²) in [6.07, 6.45) is 3.98. The van der Waals surface area contributed by atoms with Gasteiger partial charge in [0.2, 0.25) is 15.9 Å². The monoisotopic (exact) mass is 466 g/mol. The molecule has 0 spiro atoms. The number of benzene rings is 2. The fraction of sp³-hybridized carbons (Fsp3) is 0.375. The van der Waals surface area contributed by atoms with Gasteiger partial charge in [-0.2, -0.15) is 9.29 Å². The third-order valence-electron chi connectivity index (χ3n) is 6.60. The molecule has 0 unspecified atom stereocenters. The number of amides is 1. The lowest BCUT2D eigenvalue weighted by atomic mass is 9.96. The minimum absolute atomic E-state index is 0.116. The fourth-order valence-corrected chi connectivity index (χ4v) is 6.25. The Labute approximate surface area is 193 Å². The van der Waals surface area contributed by atoms with E-state index in [2.05, 4.69) is 15.5 Å². The van der Waals surface area contributed by atoms with Crippen molar-refractivity contribution in [2.45, 2.75) is 56.0 Å². The summed E-state index contributed by atoms with van der Waals surface area (Å²) in [6, 6.07) is 14.1. The van der Waals surface area contributed by atoms with Gasteiger partial charge in [0.15, 0.2) is 5.82 Å². The van der Waals surface area contributed by atoms with Crippen LogP contribution in [0.1, 0.15) is 58.9 Å². The molecule has 172 valence electrons. The van der Waals surface area contributed by atoms with E-state index in [0.29, 0.717) is 49.6 Å². The first-order chi connectivity index (χ1) is 15.9. The van der Waals surface area contributed by atoms with Gasteiger partial charge in [-0.05, 0) is 48.6 Å². The lowest BCUT2D eigenvalue weighted by Gasteiger charge is -2.28. The van der Waals surface area contributed by atoms with Gasteiger partial charge in [0.05, 0.1) is 4.90 Å². The molecule has 0 radical (unpaired) electrons. The fourth-order valence-electron chi connectivity index (χ4n) is 4.79. The highest BCUT2D eigenvalue weighted by molar-refractivity contribution is 7.89. The molecule has 2 aliphatic rings. The van der Waals surface area contributed by atoms with E-state index in [1.54, 1.807) is 25.1 Å². The predicted molar refractivity (Wildman–Crippen MR) is 121 cm³/mol. The minimum Gasteiger partial charge on any atom is -0.340 e. The van der Waals surface area contributed by atoms with Crippen molar-refractivity contribution in [3.05, 3.63) is 76.9 Å². The minimum atomic E-state index is -3.74. The lowest BCUT2D eigenvalue weighted by molar-refractivity contribution is 0.0891. The van der Waals surface area contributed by atoms with Crippen LogP contribution < -0.4 is 5.32 Å². The number of hydrogen-bond acceptors (Lipinski definition) is 6. The normalized spacial score (nSPS) is 18.1. The maximum atomic E-state index is 13.4. The SMILES string of the molecule is Cc1nc(C2(NC(=O)c3cccc(S(=O)(=O)N4CCc5ccccc5C4)c3)CCCC2)no1. The number of carbonyl (C=O) groups excluding carboxylic acids is 1. The largest absolute Gasteiger partial charge is 0.340 e. The van der Waals surface area contributed by atoms with Gasteiger partial charge in [-0.25, -0.2) is 8.42 Å². The van der Waals surface area contributed by atoms with Crippen LogP contribution in [0.15, 0.2) is 57.9 Å². The highest BCUT2D eigenvalue weighted by Crippen LogP contribution is 2.37. The van der Waals surface area contributed by atoms with E-state index in [1.807, 2.05) is 24.3 Å². The van der Waals surface area contributed by atoms with Gasteiger partial charge in [0.1, 0.15) is 5.54 Å². The van der Waals surface area contributed by atoms with Crippen molar-refractivity contribution in [2.24, 2.45) is 0 Å². The highest BCUT2D eigenvalue weighted by Gasteiger charge is 2.41. The smallest absolute Gasteiger partial charge is 0.252 e. The molecule has 0 saturated heterocycles. The van der Waals surface area contributed by atoms with Crippen LogP contribution in [0.3, 0.4) is 0 Å². The molecule has 1 aromatic heterocycles. The Morgan fingerprint density at radius 2 is 1.85 bits per heavy atom. The predicted octanol–water partition coefficient (Wildman–Crippen LogP) is 3.32. The summed E-state index contributed by atoms with van der Waals surface area (Å²) in [6.45, 7) is 2.46. The van der Waals surface area contributed by atoms with Gasteiger partial charge in [0, 0.05) is 25.6 Å². The Balaban J connectivity index is 1.39. The standard InChI is InChI=1S/C24H26N4O4S/c1-17-25-23(27-32-17)24(12-4-5-13-24)26-22(29)19-9-6-10-21(15-19)33(30,31)28-14-11-18-7-2-3-8-20(18)16-28/h2-3,6-10,15H,4-5,11-14,16H2,1H3,(H,26,29). The van der Waals surface area contributed by atoms with Gasteiger partial charge in [0.25, 0.3) is 5.91 Å². The van der Waals surface area contributed by atoms with Crippen molar-refractivity contribution in [3.8, 4) is 0 Å². The topological polar surface area (TPSA) is 105 Å². The first-order valence-corrected chi connectivity index (χ1v) is 12.6. The third-order valence-corrected chi connectivity index (χ3v) is 8.44. The maximum absolute atomic E-state index is 13.4. The number of fused-ring (bicyclic) bond motifs is 1. The molecule has 1 N–H and O–H groups in total. The molecule has 8 nitrogen and oxygen atoms in total. The van der Waals surface area contributed by atoms with E-state index < -0.39 is 15.6 Å². The van der Waals surface area contributed by atoms with Gasteiger partial charge < -0.3 is 9.84 Å². The summed E-state index contributed by atoms with van der Waals surface area (Å²) in [5, 5.41) is 7.13. The quantitative estimate of drug-likeness (QED) is 0.618. The molecule has 2 heterocycles. The average molecular weight is 467 g/mol. The zero-order valence-corrected chi connectivity index (χ0v) is 19.3. The van der Waals surface area contributed by atoms with E-state index in [0.717, 1.165) is 18.4 Å². The van der Waals surface area contributed by atoms with Crippen LogP contribution in [0, 0.1) is 6.92 Å². The van der Waals surface area contributed by atoms with E-state index in [4.69, 9.17) is 4.52 Å². The van der Waals surface area contributed by atoms with Crippen molar-refractivity contribution in [1.82, 2.24) is 19.8 Å². The van der Waals surface area contributed by atoms with Crippen LogP contribution >= 0.6 is 0 Å². The maximum Gasteiger partial charge on any atom is 0.252 e. The number of nitrogens with one attached hydrogen (secondary N) is 1. The van der Waals surface area contributed by atoms with E-state index >= 15 is 0 Å². The second-order valence-corrected chi connectivity index (χ2v) is 10.7. The number of aromatic nitrogens is 2. The Bertz CT molecular complexity index is 1300. The average Bonchev–Trinajstić information content (AvgIpc) is 3.48. The molecule has 9 heteroatoms. The van der Waals surface area contributed by atoms with Crippen LogP contribution in [-0.2, 0) is 28.5 Å². The molecular formula is C24H26N4O4S. The molecule has 1 aliphatic heterocycles. The summed E-state index contributed by atoms with van der Waals surface area (Å²) in [7, 11) is -3.74. The lowest BCUT2D eigenvalue weighted by Crippen LogP contribution is -2.44. The molecule has 1 aliphatic carbocycles. The third kappa shape index (κ3) is 4.06. The van der Waals surface area contributed by atoms with E-state index in [9.17, 15) is 13.2 Å². The van der Waals surface area contributed by atoms with Crippen molar-refractivity contribution in [3.63, 3.8) is 0 Å². The summed E-state index contributed by atoms with van der Waals surface area (Å²) >= 11 is 0. The van der Waals surface area contributed by atoms with E-state index in [-0.39, 0.29) is 10.8 Å². The van der Waals surface area contributed by atoms with Crippen LogP contribution in [-0.4, -0.2) is 35.3 Å². The van der Waals surface area contributed by atoms with Gasteiger partial charge >= 0.3 is 0 Å². The Morgan fingerprint density at radius 1 is 1.09 bits per heavy atom. The van der Waals surface area contributed by atoms with Crippen molar-refractivity contribution < 1.29 is 17.7 Å². The van der Waals surface area contributed by atoms with Crippen molar-refractivity contribution >= 4 is 15.9 Å². The summed E-state index contributed by atoms with van der Waals surface area (Å²) in [5.74, 6) is 0.573. The summed E-state index contributed by atoms with van der Waals surface area (Å²) in [4.78, 5) is 17.7. The molecule has 0 bridgehead atoms. The van der Waals surface area contributed by atoms with Gasteiger partial charge in [-0.3, -0.25) is 4.79 Å². The van der Waals surface area contributed by atoms with E-state index in [1.165, 1.54) is 15.9 Å². The number of carbonyl (C=O) groups is 1. The molecular weight excluding hydrogens is 440 g/mol. The number of rotatable bonds is 5. The Morgan fingerprint density at radius 3 is 2.58 bits per heavy atom. The first kappa shape index (κ1) is 21.8. The zero-order valence-electron chi connectivity index (χ0n) is 18.5. The molecule has 0 atom stereocenters. The molecule has 2 aromatic carbocycles. The van der Waals surface area contributed by atoms with Crippen LogP contribution in [0.25, 0.3) is 0 Å². The highest BCUT2D eigenvalue weighted by atomic mass is 32.2. The number of sulfonamides is 1. The molecule has 33 heavy (non-hydrogen) atoms. The molecule has 1 amide bonds. The number of nitrogens with zero attached hydrogens (tertiary/aromatic N) is 3. The van der Waals surface area contributed by atoms with Crippen LogP contribution in [0.5, 0.6) is 0 Å². The second kappa shape index (κ2) is 8.39. The van der Waals surface area contributed by atoms with Crippen molar-refractivity contribution in [1.29, 1.82) is 0 Å². The van der Waals surface area contributed by atoms with Gasteiger partial charge in [-0.15, -0.1) is 0 Å². The molecule has 1 fully saturated rings. The van der Waals surface area contributed by atoms with Crippen LogP contribution in [0.4, 0.5) is 0 Å². The zero-order chi connectivity index (χ0) is 23.1. The Kier molecular flexibility index (Phi) is 5.54. The second-order valence-electron chi connectivity index (χ2n) is 8.77. The molecule has 1 saturated carbocycles. The molecule has 5 rings (SSSR count). The number of hydrogen-bond donors (Lipinski definition) is 1. The van der Waals surface area contributed by atoms with Crippen molar-refractivity contribution in [2.75, 3.05) is 6.54 Å². The van der Waals surface area contributed by atoms with Gasteiger partial charge in [-0.1, -0.05) is 48.3 Å².